The number of guanidine groups is 1. The molecule has 2 N–H and O–H groups in total. The lowest BCUT2D eigenvalue weighted by Gasteiger charge is -2.16. The van der Waals surface area contributed by atoms with E-state index >= 15 is 0 Å². The number of halogens is 1. The van der Waals surface area contributed by atoms with Gasteiger partial charge in [0.2, 0.25) is 0 Å². The molecule has 6 heteroatoms. The number of anilines is 1. The van der Waals surface area contributed by atoms with Crippen molar-refractivity contribution in [2.75, 3.05) is 25.5 Å². The Kier molecular flexibility index (Phi) is 9.26. The van der Waals surface area contributed by atoms with Crippen molar-refractivity contribution in [1.29, 1.82) is 0 Å². The fourth-order valence-corrected chi connectivity index (χ4v) is 2.45. The standard InChI is InChI=1S/C19H27N5.HI/c1-5-20-19(22-13-16-10-7-6-9-15(16)2)23-14-17-11-8-12-21-18(17)24(3)4;/h6-12H,5,13-14H2,1-4H3,(H2,20,22,23);1H. The number of benzene rings is 1. The van der Waals surface area contributed by atoms with Gasteiger partial charge in [0.25, 0.3) is 0 Å². The number of aliphatic imine (C=N–C) groups is 1. The number of pyridine rings is 1. The first-order valence-electron chi connectivity index (χ1n) is 8.29. The number of nitrogens with zero attached hydrogens (tertiary/aromatic N) is 3. The summed E-state index contributed by atoms with van der Waals surface area (Å²) in [5, 5.41) is 6.70. The van der Waals surface area contributed by atoms with Crippen LogP contribution in [0.1, 0.15) is 23.6 Å². The summed E-state index contributed by atoms with van der Waals surface area (Å²) in [6.45, 7) is 6.37. The number of aryl methyl sites for hydroxylation is 1. The van der Waals surface area contributed by atoms with E-state index in [4.69, 9.17) is 4.99 Å². The summed E-state index contributed by atoms with van der Waals surface area (Å²) in [6.07, 6.45) is 1.81. The van der Waals surface area contributed by atoms with Crippen molar-refractivity contribution in [2.45, 2.75) is 26.9 Å². The van der Waals surface area contributed by atoms with Gasteiger partial charge in [-0.25, -0.2) is 9.98 Å². The monoisotopic (exact) mass is 453 g/mol. The molecule has 0 amide bonds. The van der Waals surface area contributed by atoms with Crippen LogP contribution in [0.5, 0.6) is 0 Å². The second-order valence-corrected chi connectivity index (χ2v) is 5.86. The predicted octanol–water partition coefficient (Wildman–Crippen LogP) is 3.33. The van der Waals surface area contributed by atoms with E-state index in [9.17, 15) is 0 Å². The van der Waals surface area contributed by atoms with E-state index < -0.39 is 0 Å². The van der Waals surface area contributed by atoms with E-state index in [1.54, 1.807) is 0 Å². The second kappa shape index (κ2) is 10.9. The zero-order valence-corrected chi connectivity index (χ0v) is 17.7. The van der Waals surface area contributed by atoms with Gasteiger partial charge in [0.1, 0.15) is 5.82 Å². The van der Waals surface area contributed by atoms with Crippen molar-refractivity contribution >= 4 is 35.8 Å². The van der Waals surface area contributed by atoms with E-state index in [-0.39, 0.29) is 24.0 Å². The number of hydrogen-bond donors (Lipinski definition) is 2. The minimum Gasteiger partial charge on any atom is -0.362 e. The minimum atomic E-state index is 0. The van der Waals surface area contributed by atoms with Gasteiger partial charge in [-0.1, -0.05) is 30.3 Å². The van der Waals surface area contributed by atoms with E-state index in [0.717, 1.165) is 30.4 Å². The summed E-state index contributed by atoms with van der Waals surface area (Å²) < 4.78 is 0. The molecule has 0 radical (unpaired) electrons. The SMILES string of the molecule is CCNC(=NCc1cccnc1N(C)C)NCc1ccccc1C.I. The van der Waals surface area contributed by atoms with E-state index in [1.807, 2.05) is 31.3 Å². The molecule has 25 heavy (non-hydrogen) atoms. The molecular weight excluding hydrogens is 425 g/mol. The van der Waals surface area contributed by atoms with Gasteiger partial charge in [0.15, 0.2) is 5.96 Å². The highest BCUT2D eigenvalue weighted by atomic mass is 127. The molecule has 5 nitrogen and oxygen atoms in total. The highest BCUT2D eigenvalue weighted by molar-refractivity contribution is 14.0. The van der Waals surface area contributed by atoms with E-state index in [0.29, 0.717) is 6.54 Å². The first-order chi connectivity index (χ1) is 11.6. The number of rotatable bonds is 6. The highest BCUT2D eigenvalue weighted by Crippen LogP contribution is 2.15. The summed E-state index contributed by atoms with van der Waals surface area (Å²) in [6, 6.07) is 12.4. The number of nitrogens with one attached hydrogen (secondary N) is 2. The van der Waals surface area contributed by atoms with Gasteiger partial charge in [0, 0.05) is 38.9 Å². The zero-order chi connectivity index (χ0) is 17.4. The van der Waals surface area contributed by atoms with Crippen LogP contribution in [0.4, 0.5) is 5.82 Å². The Bertz CT molecular complexity index is 685. The largest absolute Gasteiger partial charge is 0.362 e. The Labute approximate surface area is 168 Å². The molecule has 0 saturated carbocycles. The average Bonchev–Trinajstić information content (AvgIpc) is 2.58. The highest BCUT2D eigenvalue weighted by Gasteiger charge is 2.06. The second-order valence-electron chi connectivity index (χ2n) is 5.86. The molecular formula is C19H28IN5. The van der Waals surface area contributed by atoms with E-state index in [1.165, 1.54) is 11.1 Å². The molecule has 0 aliphatic carbocycles. The Morgan fingerprint density at radius 1 is 1.08 bits per heavy atom. The Hall–Kier alpha value is -1.83. The smallest absolute Gasteiger partial charge is 0.191 e. The number of hydrogen-bond acceptors (Lipinski definition) is 3. The van der Waals surface area contributed by atoms with Crippen molar-refractivity contribution in [1.82, 2.24) is 15.6 Å². The molecule has 0 aliphatic heterocycles. The normalized spacial score (nSPS) is 10.8. The Morgan fingerprint density at radius 2 is 1.80 bits per heavy atom. The van der Waals surface area contributed by atoms with Crippen LogP contribution in [-0.4, -0.2) is 31.6 Å². The van der Waals surface area contributed by atoms with Crippen molar-refractivity contribution < 1.29 is 0 Å². The van der Waals surface area contributed by atoms with Crippen molar-refractivity contribution in [3.05, 3.63) is 59.3 Å². The quantitative estimate of drug-likeness (QED) is 0.400. The molecule has 0 aliphatic rings. The third kappa shape index (κ3) is 6.53. The summed E-state index contributed by atoms with van der Waals surface area (Å²) in [5.41, 5.74) is 3.66. The summed E-state index contributed by atoms with van der Waals surface area (Å²) in [5.74, 6) is 1.77. The maximum atomic E-state index is 4.70. The number of aromatic nitrogens is 1. The lowest BCUT2D eigenvalue weighted by Crippen LogP contribution is -2.37. The first-order valence-corrected chi connectivity index (χ1v) is 8.29. The van der Waals surface area contributed by atoms with Crippen LogP contribution in [-0.2, 0) is 13.1 Å². The zero-order valence-electron chi connectivity index (χ0n) is 15.4. The molecule has 2 rings (SSSR count). The molecule has 1 aromatic carbocycles. The maximum absolute atomic E-state index is 4.70. The maximum Gasteiger partial charge on any atom is 0.191 e. The van der Waals surface area contributed by atoms with Crippen LogP contribution in [0.2, 0.25) is 0 Å². The molecule has 0 bridgehead atoms. The van der Waals surface area contributed by atoms with Crippen LogP contribution in [0.15, 0.2) is 47.6 Å². The predicted molar refractivity (Wildman–Crippen MR) is 117 cm³/mol. The molecule has 1 heterocycles. The van der Waals surface area contributed by atoms with E-state index in [2.05, 4.69) is 59.8 Å². The third-order valence-electron chi connectivity index (χ3n) is 3.75. The minimum absolute atomic E-state index is 0. The molecule has 0 saturated heterocycles. The average molecular weight is 453 g/mol. The van der Waals surface area contributed by atoms with Crippen molar-refractivity contribution in [3.63, 3.8) is 0 Å². The van der Waals surface area contributed by atoms with Gasteiger partial charge in [-0.3, -0.25) is 0 Å². The lowest BCUT2D eigenvalue weighted by molar-refractivity contribution is 0.811. The summed E-state index contributed by atoms with van der Waals surface area (Å²) >= 11 is 0. The molecule has 2 aromatic rings. The molecule has 0 atom stereocenters. The first kappa shape index (κ1) is 21.2. The molecule has 0 unspecified atom stereocenters. The van der Waals surface area contributed by atoms with Crippen molar-refractivity contribution in [3.8, 4) is 0 Å². The van der Waals surface area contributed by atoms with Crippen LogP contribution < -0.4 is 15.5 Å². The molecule has 0 fully saturated rings. The topological polar surface area (TPSA) is 52.6 Å². The fourth-order valence-electron chi connectivity index (χ4n) is 2.45. The van der Waals surface area contributed by atoms with Gasteiger partial charge >= 0.3 is 0 Å². The molecule has 136 valence electrons. The van der Waals surface area contributed by atoms with Gasteiger partial charge in [-0.05, 0) is 31.0 Å². The van der Waals surface area contributed by atoms with Gasteiger partial charge < -0.3 is 15.5 Å². The van der Waals surface area contributed by atoms with Crippen LogP contribution >= 0.6 is 24.0 Å². The van der Waals surface area contributed by atoms with Crippen LogP contribution in [0, 0.1) is 6.92 Å². The lowest BCUT2D eigenvalue weighted by atomic mass is 10.1. The Balaban J connectivity index is 0.00000312. The van der Waals surface area contributed by atoms with Gasteiger partial charge in [0.05, 0.1) is 6.54 Å². The summed E-state index contributed by atoms with van der Waals surface area (Å²) in [4.78, 5) is 11.1. The van der Waals surface area contributed by atoms with Crippen molar-refractivity contribution in [2.24, 2.45) is 4.99 Å². The van der Waals surface area contributed by atoms with Gasteiger partial charge in [-0.15, -0.1) is 24.0 Å². The molecule has 0 spiro atoms. The van der Waals surface area contributed by atoms with Gasteiger partial charge in [-0.2, -0.15) is 0 Å². The third-order valence-corrected chi connectivity index (χ3v) is 3.75. The molecule has 1 aromatic heterocycles. The van der Waals surface area contributed by atoms with Crippen LogP contribution in [0.25, 0.3) is 0 Å². The summed E-state index contributed by atoms with van der Waals surface area (Å²) in [7, 11) is 3.99. The van der Waals surface area contributed by atoms with Crippen LogP contribution in [0.3, 0.4) is 0 Å². The fraction of sp³-hybridized carbons (Fsp3) is 0.368. The Morgan fingerprint density at radius 3 is 2.48 bits per heavy atom.